The van der Waals surface area contributed by atoms with Crippen LogP contribution in [0.1, 0.15) is 17.5 Å². The number of phenolic OH excluding ortho intramolecular Hbond substituents is 1. The van der Waals surface area contributed by atoms with Crippen LogP contribution in [0.15, 0.2) is 42.7 Å². The van der Waals surface area contributed by atoms with E-state index < -0.39 is 0 Å². The van der Waals surface area contributed by atoms with Crippen LogP contribution in [-0.4, -0.2) is 11.0 Å². The van der Waals surface area contributed by atoms with Crippen LogP contribution in [0.5, 0.6) is 5.75 Å². The summed E-state index contributed by atoms with van der Waals surface area (Å²) >= 11 is 0. The van der Waals surface area contributed by atoms with Crippen molar-refractivity contribution in [2.24, 2.45) is 0 Å². The quantitative estimate of drug-likeness (QED) is 0.567. The lowest BCUT2D eigenvalue weighted by Gasteiger charge is -2.07. The molecule has 1 aromatic carbocycles. The maximum Gasteiger partial charge on any atom is 0.230 e. The molecule has 0 fully saturated rings. The molecular weight excluding hydrogens is 332 g/mol. The second-order valence-corrected chi connectivity index (χ2v) is 4.93. The Kier molecular flexibility index (Phi) is 6.37. The normalized spacial score (nSPS) is 9.81. The summed E-state index contributed by atoms with van der Waals surface area (Å²) in [5, 5.41) is 12.4. The van der Waals surface area contributed by atoms with E-state index in [1.54, 1.807) is 18.2 Å². The third kappa shape index (κ3) is 5.19. The fourth-order valence-electron chi connectivity index (χ4n) is 1.87. The van der Waals surface area contributed by atoms with Gasteiger partial charge in [0.25, 0.3) is 0 Å². The monoisotopic (exact) mass is 350 g/mol. The fraction of sp³-hybridized carbons (Fsp3) is 0.250. The van der Waals surface area contributed by atoms with Crippen LogP contribution in [-0.2, 0) is 11.3 Å². The first-order valence-electron chi connectivity index (χ1n) is 6.60. The lowest BCUT2D eigenvalue weighted by molar-refractivity contribution is -0.695. The van der Waals surface area contributed by atoms with Gasteiger partial charge in [0.2, 0.25) is 5.91 Å². The Morgan fingerprint density at radius 2 is 1.81 bits per heavy atom. The van der Waals surface area contributed by atoms with Gasteiger partial charge in [-0.1, -0.05) is 6.07 Å². The number of carbonyl (C=O) groups excluding carboxylic acids is 1. The molecule has 4 nitrogen and oxygen atoms in total. The first-order chi connectivity index (χ1) is 9.54. The SMILES string of the molecule is Cc1cc[n+](CCC(=O)Nc2cc(C)ccc2O)cc1.[Br-]. The van der Waals surface area contributed by atoms with Gasteiger partial charge in [-0.05, 0) is 37.1 Å². The highest BCUT2D eigenvalue weighted by molar-refractivity contribution is 5.92. The van der Waals surface area contributed by atoms with Crippen LogP contribution in [0.3, 0.4) is 0 Å². The molecule has 0 aliphatic carbocycles. The summed E-state index contributed by atoms with van der Waals surface area (Å²) in [6.07, 6.45) is 4.26. The summed E-state index contributed by atoms with van der Waals surface area (Å²) in [6, 6.07) is 9.15. The molecule has 0 atom stereocenters. The lowest BCUT2D eigenvalue weighted by atomic mass is 10.2. The number of phenols is 1. The van der Waals surface area contributed by atoms with Crippen molar-refractivity contribution >= 4 is 11.6 Å². The van der Waals surface area contributed by atoms with E-state index in [0.29, 0.717) is 18.7 Å². The number of nitrogens with one attached hydrogen (secondary N) is 1. The number of aromatic hydroxyl groups is 1. The van der Waals surface area contributed by atoms with Gasteiger partial charge in [-0.25, -0.2) is 4.57 Å². The van der Waals surface area contributed by atoms with E-state index >= 15 is 0 Å². The number of hydrogen-bond acceptors (Lipinski definition) is 2. The first-order valence-corrected chi connectivity index (χ1v) is 6.60. The van der Waals surface area contributed by atoms with Crippen molar-refractivity contribution in [2.75, 3.05) is 5.32 Å². The Morgan fingerprint density at radius 3 is 2.48 bits per heavy atom. The van der Waals surface area contributed by atoms with Crippen LogP contribution in [0.25, 0.3) is 0 Å². The van der Waals surface area contributed by atoms with E-state index in [2.05, 4.69) is 5.32 Å². The third-order valence-corrected chi connectivity index (χ3v) is 3.08. The summed E-state index contributed by atoms with van der Waals surface area (Å²) in [4.78, 5) is 11.9. The molecule has 1 aromatic heterocycles. The number of nitrogens with zero attached hydrogens (tertiary/aromatic N) is 1. The number of carbonyl (C=O) groups is 1. The molecular formula is C16H19BrN2O2. The minimum absolute atomic E-state index is 0. The van der Waals surface area contributed by atoms with E-state index in [4.69, 9.17) is 0 Å². The van der Waals surface area contributed by atoms with Gasteiger partial charge >= 0.3 is 0 Å². The standard InChI is InChI=1S/C16H18N2O2.BrH/c1-12-5-8-18(9-6-12)10-7-16(20)17-14-11-13(2)3-4-15(14)19;/h3-6,8-9,11H,7,10H2,1-2H3,(H-,17,19,20);1H. The second-order valence-electron chi connectivity index (χ2n) is 4.93. The smallest absolute Gasteiger partial charge is 0.230 e. The highest BCUT2D eigenvalue weighted by Gasteiger charge is 2.09. The molecule has 1 heterocycles. The number of aryl methyl sites for hydroxylation is 3. The molecule has 1 amide bonds. The van der Waals surface area contributed by atoms with Crippen molar-refractivity contribution in [3.8, 4) is 5.75 Å². The van der Waals surface area contributed by atoms with Crippen molar-refractivity contribution in [1.29, 1.82) is 0 Å². The molecule has 0 saturated heterocycles. The Morgan fingerprint density at radius 1 is 1.14 bits per heavy atom. The summed E-state index contributed by atoms with van der Waals surface area (Å²) in [7, 11) is 0. The van der Waals surface area contributed by atoms with Gasteiger partial charge in [0, 0.05) is 12.1 Å². The summed E-state index contributed by atoms with van der Waals surface area (Å²) < 4.78 is 1.96. The first kappa shape index (κ1) is 17.2. The zero-order chi connectivity index (χ0) is 14.5. The van der Waals surface area contributed by atoms with Crippen molar-refractivity contribution in [2.45, 2.75) is 26.8 Å². The van der Waals surface area contributed by atoms with E-state index in [1.807, 2.05) is 42.9 Å². The fourth-order valence-corrected chi connectivity index (χ4v) is 1.87. The lowest BCUT2D eigenvalue weighted by Crippen LogP contribution is -3.00. The van der Waals surface area contributed by atoms with E-state index in [-0.39, 0.29) is 28.6 Å². The predicted molar refractivity (Wildman–Crippen MR) is 77.5 cm³/mol. The summed E-state index contributed by atoms with van der Waals surface area (Å²) in [5.74, 6) is -0.0223. The Balaban J connectivity index is 0.00000220. The highest BCUT2D eigenvalue weighted by Crippen LogP contribution is 2.23. The van der Waals surface area contributed by atoms with E-state index in [0.717, 1.165) is 5.56 Å². The van der Waals surface area contributed by atoms with Crippen molar-refractivity contribution in [3.05, 3.63) is 53.9 Å². The minimum atomic E-state index is -0.112. The van der Waals surface area contributed by atoms with Crippen LogP contribution in [0, 0.1) is 13.8 Å². The van der Waals surface area contributed by atoms with Gasteiger partial charge in [0.05, 0.1) is 12.1 Å². The van der Waals surface area contributed by atoms with E-state index in [9.17, 15) is 9.90 Å². The molecule has 2 N–H and O–H groups in total. The topological polar surface area (TPSA) is 53.2 Å². The number of halogens is 1. The average molecular weight is 351 g/mol. The van der Waals surface area contributed by atoms with Crippen LogP contribution in [0.4, 0.5) is 5.69 Å². The van der Waals surface area contributed by atoms with Crippen molar-refractivity contribution < 1.29 is 31.4 Å². The zero-order valence-electron chi connectivity index (χ0n) is 12.1. The molecule has 21 heavy (non-hydrogen) atoms. The maximum atomic E-state index is 11.9. The molecule has 0 bridgehead atoms. The number of rotatable bonds is 4. The summed E-state index contributed by atoms with van der Waals surface area (Å²) in [5.41, 5.74) is 2.64. The second kappa shape index (κ2) is 7.78. The van der Waals surface area contributed by atoms with Gasteiger partial charge in [0.1, 0.15) is 5.75 Å². The van der Waals surface area contributed by atoms with E-state index in [1.165, 1.54) is 5.56 Å². The van der Waals surface area contributed by atoms with Gasteiger partial charge in [-0.2, -0.15) is 0 Å². The van der Waals surface area contributed by atoms with Crippen LogP contribution >= 0.6 is 0 Å². The molecule has 5 heteroatoms. The Bertz CT molecular complexity index is 612. The van der Waals surface area contributed by atoms with Crippen LogP contribution in [0.2, 0.25) is 0 Å². The molecule has 2 aromatic rings. The maximum absolute atomic E-state index is 11.9. The molecule has 0 spiro atoms. The number of hydrogen-bond donors (Lipinski definition) is 2. The predicted octanol–water partition coefficient (Wildman–Crippen LogP) is -0.671. The van der Waals surface area contributed by atoms with Gasteiger partial charge in [-0.3, -0.25) is 4.79 Å². The number of amides is 1. The molecule has 112 valence electrons. The average Bonchev–Trinajstić information content (AvgIpc) is 2.42. The molecule has 2 rings (SSSR count). The van der Waals surface area contributed by atoms with Crippen LogP contribution < -0.4 is 26.9 Å². The molecule has 0 aliphatic rings. The molecule has 0 unspecified atom stereocenters. The highest BCUT2D eigenvalue weighted by atomic mass is 79.9. The summed E-state index contributed by atoms with van der Waals surface area (Å²) in [6.45, 7) is 4.55. The minimum Gasteiger partial charge on any atom is -1.00 e. The van der Waals surface area contributed by atoms with Gasteiger partial charge in [0.15, 0.2) is 18.9 Å². The third-order valence-electron chi connectivity index (χ3n) is 3.08. The molecule has 0 radical (unpaired) electrons. The number of pyridine rings is 1. The molecule has 0 saturated carbocycles. The largest absolute Gasteiger partial charge is 1.00 e. The number of anilines is 1. The Hall–Kier alpha value is -1.88. The number of benzene rings is 1. The van der Waals surface area contributed by atoms with Gasteiger partial charge in [-0.15, -0.1) is 0 Å². The Labute approximate surface area is 135 Å². The van der Waals surface area contributed by atoms with Crippen molar-refractivity contribution in [3.63, 3.8) is 0 Å². The molecule has 0 aliphatic heterocycles. The number of aromatic nitrogens is 1. The van der Waals surface area contributed by atoms with Gasteiger partial charge < -0.3 is 27.4 Å². The zero-order valence-corrected chi connectivity index (χ0v) is 13.7. The van der Waals surface area contributed by atoms with Crippen molar-refractivity contribution in [1.82, 2.24) is 0 Å².